The van der Waals surface area contributed by atoms with Crippen molar-refractivity contribution in [1.82, 2.24) is 4.72 Å². The van der Waals surface area contributed by atoms with Gasteiger partial charge < -0.3 is 5.32 Å². The Labute approximate surface area is 150 Å². The number of benzene rings is 2. The number of carbonyl (C=O) groups is 1. The van der Waals surface area contributed by atoms with Gasteiger partial charge in [0.15, 0.2) is 0 Å². The average molecular weight is 385 g/mol. The fourth-order valence-electron chi connectivity index (χ4n) is 2.53. The van der Waals surface area contributed by atoms with Crippen LogP contribution in [0.25, 0.3) is 0 Å². The summed E-state index contributed by atoms with van der Waals surface area (Å²) in [6, 6.07) is 9.50. The standard InChI is InChI=1S/C16H14Cl2N2O3S/c17-13-3-1-10(7-14(13)18)8-16(21)20-24(22,23)12-2-4-15-11(9-12)5-6-19-15/h1-4,7,9,19H,5-6,8H2,(H,20,21). The van der Waals surface area contributed by atoms with Crippen LogP contribution in [0.3, 0.4) is 0 Å². The maximum absolute atomic E-state index is 12.4. The minimum Gasteiger partial charge on any atom is -0.384 e. The third-order valence-corrected chi connectivity index (χ3v) is 5.80. The Hall–Kier alpha value is -1.76. The Morgan fingerprint density at radius 1 is 1.12 bits per heavy atom. The molecule has 1 aliphatic heterocycles. The molecule has 1 amide bonds. The third-order valence-electron chi connectivity index (χ3n) is 3.69. The molecule has 5 nitrogen and oxygen atoms in total. The van der Waals surface area contributed by atoms with Crippen LogP contribution in [0.4, 0.5) is 5.69 Å². The fourth-order valence-corrected chi connectivity index (χ4v) is 3.88. The highest BCUT2D eigenvalue weighted by molar-refractivity contribution is 7.90. The molecule has 1 heterocycles. The number of rotatable bonds is 4. The van der Waals surface area contributed by atoms with Gasteiger partial charge in [0.05, 0.1) is 21.4 Å². The monoisotopic (exact) mass is 384 g/mol. The molecular weight excluding hydrogens is 371 g/mol. The Morgan fingerprint density at radius 2 is 1.92 bits per heavy atom. The minimum atomic E-state index is -3.91. The lowest BCUT2D eigenvalue weighted by atomic mass is 10.1. The van der Waals surface area contributed by atoms with Crippen molar-refractivity contribution in [2.75, 3.05) is 11.9 Å². The normalized spacial score (nSPS) is 13.2. The molecule has 2 aromatic carbocycles. The van der Waals surface area contributed by atoms with E-state index in [2.05, 4.69) is 10.0 Å². The molecule has 0 unspecified atom stereocenters. The van der Waals surface area contributed by atoms with Crippen LogP contribution in [0.1, 0.15) is 11.1 Å². The first-order chi connectivity index (χ1) is 11.3. The van der Waals surface area contributed by atoms with Crippen LogP contribution in [0.15, 0.2) is 41.3 Å². The molecule has 0 saturated heterocycles. The number of amides is 1. The van der Waals surface area contributed by atoms with Gasteiger partial charge in [0.1, 0.15) is 0 Å². The van der Waals surface area contributed by atoms with Crippen LogP contribution >= 0.6 is 23.2 Å². The molecule has 2 N–H and O–H groups in total. The molecule has 0 saturated carbocycles. The largest absolute Gasteiger partial charge is 0.384 e. The van der Waals surface area contributed by atoms with E-state index in [9.17, 15) is 13.2 Å². The van der Waals surface area contributed by atoms with Crippen LogP contribution < -0.4 is 10.0 Å². The Bertz CT molecular complexity index is 914. The average Bonchev–Trinajstić information content (AvgIpc) is 2.98. The third kappa shape index (κ3) is 3.66. The van der Waals surface area contributed by atoms with Crippen molar-refractivity contribution in [2.45, 2.75) is 17.7 Å². The van der Waals surface area contributed by atoms with Crippen LogP contribution in [0, 0.1) is 0 Å². The summed E-state index contributed by atoms with van der Waals surface area (Å²) in [6.45, 7) is 0.780. The molecule has 0 atom stereocenters. The van der Waals surface area contributed by atoms with Crippen LogP contribution in [0.5, 0.6) is 0 Å². The second kappa shape index (κ2) is 6.63. The lowest BCUT2D eigenvalue weighted by molar-refractivity contribution is -0.118. The number of carbonyl (C=O) groups excluding carboxylic acids is 1. The number of fused-ring (bicyclic) bond motifs is 1. The van der Waals surface area contributed by atoms with Crippen molar-refractivity contribution >= 4 is 44.8 Å². The van der Waals surface area contributed by atoms with Crippen LogP contribution in [-0.4, -0.2) is 20.9 Å². The molecule has 0 radical (unpaired) electrons. The Kier molecular flexibility index (Phi) is 4.71. The Balaban J connectivity index is 1.74. The van der Waals surface area contributed by atoms with Crippen molar-refractivity contribution in [2.24, 2.45) is 0 Å². The van der Waals surface area contributed by atoms with Gasteiger partial charge in [-0.2, -0.15) is 0 Å². The summed E-state index contributed by atoms with van der Waals surface area (Å²) in [5.41, 5.74) is 2.43. The van der Waals surface area contributed by atoms with Crippen molar-refractivity contribution in [3.63, 3.8) is 0 Å². The summed E-state index contributed by atoms with van der Waals surface area (Å²) in [5, 5.41) is 3.85. The van der Waals surface area contributed by atoms with E-state index in [4.69, 9.17) is 23.2 Å². The number of nitrogens with one attached hydrogen (secondary N) is 2. The molecule has 0 bridgehead atoms. The van der Waals surface area contributed by atoms with E-state index in [0.29, 0.717) is 15.6 Å². The highest BCUT2D eigenvalue weighted by Gasteiger charge is 2.20. The summed E-state index contributed by atoms with van der Waals surface area (Å²) in [5.74, 6) is -0.632. The SMILES string of the molecule is O=C(Cc1ccc(Cl)c(Cl)c1)NS(=O)(=O)c1ccc2c(c1)CCN2. The van der Waals surface area contributed by atoms with E-state index in [1.165, 1.54) is 12.1 Å². The quantitative estimate of drug-likeness (QED) is 0.849. The van der Waals surface area contributed by atoms with Gasteiger partial charge in [-0.3, -0.25) is 4.79 Å². The first-order valence-electron chi connectivity index (χ1n) is 7.21. The molecule has 0 fully saturated rings. The highest BCUT2D eigenvalue weighted by atomic mass is 35.5. The van der Waals surface area contributed by atoms with Crippen molar-refractivity contribution in [3.05, 3.63) is 57.6 Å². The van der Waals surface area contributed by atoms with Gasteiger partial charge in [0.2, 0.25) is 5.91 Å². The molecule has 126 valence electrons. The molecule has 1 aliphatic rings. The van der Waals surface area contributed by atoms with Gasteiger partial charge in [-0.1, -0.05) is 29.3 Å². The van der Waals surface area contributed by atoms with Crippen molar-refractivity contribution in [3.8, 4) is 0 Å². The van der Waals surface area contributed by atoms with E-state index in [-0.39, 0.29) is 11.3 Å². The zero-order valence-electron chi connectivity index (χ0n) is 12.5. The molecule has 3 rings (SSSR count). The molecule has 0 aliphatic carbocycles. The van der Waals surface area contributed by atoms with Gasteiger partial charge in [-0.05, 0) is 47.9 Å². The van der Waals surface area contributed by atoms with E-state index in [1.54, 1.807) is 24.3 Å². The number of sulfonamides is 1. The lowest BCUT2D eigenvalue weighted by Gasteiger charge is -2.09. The number of anilines is 1. The molecule has 0 aromatic heterocycles. The minimum absolute atomic E-state index is 0.0763. The maximum atomic E-state index is 12.4. The first kappa shape index (κ1) is 17.1. The van der Waals surface area contributed by atoms with Crippen molar-refractivity contribution < 1.29 is 13.2 Å². The first-order valence-corrected chi connectivity index (χ1v) is 9.45. The van der Waals surface area contributed by atoms with E-state index >= 15 is 0 Å². The smallest absolute Gasteiger partial charge is 0.264 e. The molecule has 8 heteroatoms. The predicted octanol–water partition coefficient (Wildman–Crippen LogP) is 3.01. The van der Waals surface area contributed by atoms with Gasteiger partial charge in [-0.15, -0.1) is 0 Å². The summed E-state index contributed by atoms with van der Waals surface area (Å²) in [7, 11) is -3.91. The van der Waals surface area contributed by atoms with Gasteiger partial charge in [-0.25, -0.2) is 13.1 Å². The van der Waals surface area contributed by atoms with Gasteiger partial charge in [0, 0.05) is 12.2 Å². The van der Waals surface area contributed by atoms with Crippen molar-refractivity contribution in [1.29, 1.82) is 0 Å². The van der Waals surface area contributed by atoms with Gasteiger partial charge >= 0.3 is 0 Å². The maximum Gasteiger partial charge on any atom is 0.264 e. The summed E-state index contributed by atoms with van der Waals surface area (Å²) < 4.78 is 26.8. The second-order valence-corrected chi connectivity index (χ2v) is 7.95. The molecule has 0 spiro atoms. The fraction of sp³-hybridized carbons (Fsp3) is 0.188. The van der Waals surface area contributed by atoms with Crippen LogP contribution in [0.2, 0.25) is 10.0 Å². The highest BCUT2D eigenvalue weighted by Crippen LogP contribution is 2.25. The number of halogens is 2. The second-order valence-electron chi connectivity index (χ2n) is 5.45. The van der Waals surface area contributed by atoms with E-state index in [0.717, 1.165) is 24.2 Å². The molecular formula is C16H14Cl2N2O3S. The van der Waals surface area contributed by atoms with Crippen LogP contribution in [-0.2, 0) is 27.7 Å². The Morgan fingerprint density at radius 3 is 2.67 bits per heavy atom. The van der Waals surface area contributed by atoms with E-state index in [1.807, 2.05) is 0 Å². The summed E-state index contributed by atoms with van der Waals surface area (Å²) >= 11 is 11.7. The van der Waals surface area contributed by atoms with E-state index < -0.39 is 15.9 Å². The molecule has 2 aromatic rings. The zero-order chi connectivity index (χ0) is 17.3. The lowest BCUT2D eigenvalue weighted by Crippen LogP contribution is -2.31. The topological polar surface area (TPSA) is 75.3 Å². The predicted molar refractivity (Wildman–Crippen MR) is 94.1 cm³/mol. The summed E-state index contributed by atoms with van der Waals surface area (Å²) in [6.07, 6.45) is 0.651. The summed E-state index contributed by atoms with van der Waals surface area (Å²) in [4.78, 5) is 12.1. The zero-order valence-corrected chi connectivity index (χ0v) is 14.8. The molecule has 24 heavy (non-hydrogen) atoms. The van der Waals surface area contributed by atoms with Gasteiger partial charge in [0.25, 0.3) is 10.0 Å². The number of hydrogen-bond acceptors (Lipinski definition) is 4. The number of hydrogen-bond donors (Lipinski definition) is 2.